The van der Waals surface area contributed by atoms with Crippen molar-refractivity contribution in [1.82, 2.24) is 9.88 Å². The molecule has 1 fully saturated rings. The number of hydrogen-bond acceptors (Lipinski definition) is 3. The lowest BCUT2D eigenvalue weighted by Crippen LogP contribution is -2.49. The van der Waals surface area contributed by atoms with Crippen molar-refractivity contribution in [1.29, 1.82) is 0 Å². The maximum absolute atomic E-state index is 5.72. The van der Waals surface area contributed by atoms with Crippen LogP contribution in [0.4, 0.5) is 0 Å². The highest BCUT2D eigenvalue weighted by Gasteiger charge is 2.30. The van der Waals surface area contributed by atoms with Crippen LogP contribution in [-0.4, -0.2) is 35.2 Å². The van der Waals surface area contributed by atoms with E-state index in [9.17, 15) is 0 Å². The van der Waals surface area contributed by atoms with Crippen molar-refractivity contribution in [2.45, 2.75) is 32.4 Å². The van der Waals surface area contributed by atoms with Gasteiger partial charge >= 0.3 is 0 Å². The van der Waals surface area contributed by atoms with Crippen molar-refractivity contribution < 1.29 is 4.74 Å². The van der Waals surface area contributed by atoms with Gasteiger partial charge < -0.3 is 4.74 Å². The van der Waals surface area contributed by atoms with Crippen molar-refractivity contribution in [3.05, 3.63) is 30.1 Å². The smallest absolute Gasteiger partial charge is 0.0753 e. The molecule has 0 unspecified atom stereocenters. The van der Waals surface area contributed by atoms with Crippen LogP contribution in [0.15, 0.2) is 24.4 Å². The summed E-state index contributed by atoms with van der Waals surface area (Å²) in [5.41, 5.74) is 1.10. The van der Waals surface area contributed by atoms with E-state index in [2.05, 4.69) is 36.7 Å². The molecule has 0 N–H and O–H groups in total. The molecule has 1 aromatic heterocycles. The summed E-state index contributed by atoms with van der Waals surface area (Å²) in [4.78, 5) is 6.86. The molecule has 0 aliphatic carbocycles. The van der Waals surface area contributed by atoms with Gasteiger partial charge in [0.2, 0.25) is 0 Å². The van der Waals surface area contributed by atoms with E-state index < -0.39 is 0 Å². The van der Waals surface area contributed by atoms with Gasteiger partial charge in [0.05, 0.1) is 17.9 Å². The summed E-state index contributed by atoms with van der Waals surface area (Å²) in [6.07, 6.45) is 1.86. The van der Waals surface area contributed by atoms with Crippen LogP contribution in [0.1, 0.15) is 32.5 Å². The van der Waals surface area contributed by atoms with E-state index in [4.69, 9.17) is 4.74 Å². The highest BCUT2D eigenvalue weighted by molar-refractivity contribution is 5.08. The molecule has 16 heavy (non-hydrogen) atoms. The van der Waals surface area contributed by atoms with Crippen LogP contribution in [0.5, 0.6) is 0 Å². The predicted molar refractivity (Wildman–Crippen MR) is 64.3 cm³/mol. The van der Waals surface area contributed by atoms with Crippen molar-refractivity contribution >= 4 is 0 Å². The van der Waals surface area contributed by atoms with Crippen molar-refractivity contribution in [2.75, 3.05) is 19.7 Å². The molecule has 0 spiro atoms. The lowest BCUT2D eigenvalue weighted by Gasteiger charge is -2.41. The first-order valence-corrected chi connectivity index (χ1v) is 5.87. The largest absolute Gasteiger partial charge is 0.373 e. The Balaban J connectivity index is 2.08. The van der Waals surface area contributed by atoms with Crippen molar-refractivity contribution in [3.8, 4) is 0 Å². The van der Waals surface area contributed by atoms with E-state index in [1.807, 2.05) is 18.3 Å². The molecule has 0 aromatic carbocycles. The zero-order chi connectivity index (χ0) is 11.6. The molecular weight excluding hydrogens is 200 g/mol. The molecule has 88 valence electrons. The number of nitrogens with zero attached hydrogens (tertiary/aromatic N) is 2. The average Bonchev–Trinajstić information content (AvgIpc) is 2.28. The van der Waals surface area contributed by atoms with Crippen LogP contribution >= 0.6 is 0 Å². The van der Waals surface area contributed by atoms with Gasteiger partial charge in [-0.15, -0.1) is 0 Å². The Morgan fingerprint density at radius 3 is 2.88 bits per heavy atom. The minimum Gasteiger partial charge on any atom is -0.373 e. The zero-order valence-electron chi connectivity index (χ0n) is 10.3. The number of ether oxygens (including phenoxy) is 1. The first-order chi connectivity index (χ1) is 7.58. The lowest BCUT2D eigenvalue weighted by molar-refractivity contribution is -0.0962. The summed E-state index contributed by atoms with van der Waals surface area (Å²) in [5.74, 6) is 0. The summed E-state index contributed by atoms with van der Waals surface area (Å²) < 4.78 is 5.72. The number of pyridine rings is 1. The van der Waals surface area contributed by atoms with Gasteiger partial charge in [0.25, 0.3) is 0 Å². The molecule has 2 heterocycles. The highest BCUT2D eigenvalue weighted by Crippen LogP contribution is 2.24. The van der Waals surface area contributed by atoms with Gasteiger partial charge in [-0.25, -0.2) is 0 Å². The summed E-state index contributed by atoms with van der Waals surface area (Å²) in [7, 11) is 0. The Morgan fingerprint density at radius 1 is 1.44 bits per heavy atom. The molecule has 0 amide bonds. The third-order valence-corrected chi connectivity index (χ3v) is 3.12. The fraction of sp³-hybridized carbons (Fsp3) is 0.615. The molecule has 1 atom stereocenters. The van der Waals surface area contributed by atoms with E-state index in [-0.39, 0.29) is 5.60 Å². The Morgan fingerprint density at radius 2 is 2.25 bits per heavy atom. The minimum absolute atomic E-state index is 0.0404. The third-order valence-electron chi connectivity index (χ3n) is 3.12. The Bertz CT molecular complexity index is 337. The molecule has 0 bridgehead atoms. The van der Waals surface area contributed by atoms with Crippen LogP contribution in [0.3, 0.4) is 0 Å². The van der Waals surface area contributed by atoms with Gasteiger partial charge in [-0.05, 0) is 32.9 Å². The second-order valence-electron chi connectivity index (χ2n) is 5.01. The Labute approximate surface area is 97.4 Å². The summed E-state index contributed by atoms with van der Waals surface area (Å²) >= 11 is 0. The van der Waals surface area contributed by atoms with Gasteiger partial charge in [0, 0.05) is 25.3 Å². The lowest BCUT2D eigenvalue weighted by atomic mass is 10.0. The number of aromatic nitrogens is 1. The number of morpholine rings is 1. The molecule has 2 rings (SSSR count). The van der Waals surface area contributed by atoms with Gasteiger partial charge in [0.1, 0.15) is 0 Å². The quantitative estimate of drug-likeness (QED) is 0.764. The van der Waals surface area contributed by atoms with Crippen LogP contribution < -0.4 is 0 Å². The minimum atomic E-state index is -0.0404. The standard InChI is InChI=1S/C13H20N2O/c1-11(12-6-4-5-7-14-12)15-8-9-16-13(2,3)10-15/h4-7,11H,8-10H2,1-3H3/t11-/m0/s1. The normalized spacial score (nSPS) is 22.9. The van der Waals surface area contributed by atoms with Gasteiger partial charge in [-0.1, -0.05) is 6.07 Å². The van der Waals surface area contributed by atoms with E-state index in [0.717, 1.165) is 25.4 Å². The molecule has 0 saturated carbocycles. The number of rotatable bonds is 2. The summed E-state index contributed by atoms with van der Waals surface area (Å²) in [5, 5.41) is 0. The third kappa shape index (κ3) is 2.60. The Kier molecular flexibility index (Phi) is 3.26. The Hall–Kier alpha value is -0.930. The molecular formula is C13H20N2O. The summed E-state index contributed by atoms with van der Waals surface area (Å²) in [6.45, 7) is 9.26. The second kappa shape index (κ2) is 4.52. The molecule has 0 radical (unpaired) electrons. The van der Waals surface area contributed by atoms with Gasteiger partial charge in [-0.2, -0.15) is 0 Å². The zero-order valence-corrected chi connectivity index (χ0v) is 10.3. The first kappa shape index (κ1) is 11.6. The first-order valence-electron chi connectivity index (χ1n) is 5.87. The fourth-order valence-electron chi connectivity index (χ4n) is 2.19. The monoisotopic (exact) mass is 220 g/mol. The predicted octanol–water partition coefficient (Wildman–Crippen LogP) is 2.25. The highest BCUT2D eigenvalue weighted by atomic mass is 16.5. The fourth-order valence-corrected chi connectivity index (χ4v) is 2.19. The maximum atomic E-state index is 5.72. The van der Waals surface area contributed by atoms with E-state index in [1.54, 1.807) is 0 Å². The molecule has 3 heteroatoms. The van der Waals surface area contributed by atoms with E-state index >= 15 is 0 Å². The van der Waals surface area contributed by atoms with Crippen LogP contribution in [0, 0.1) is 0 Å². The van der Waals surface area contributed by atoms with Gasteiger partial charge in [0.15, 0.2) is 0 Å². The average molecular weight is 220 g/mol. The molecule has 1 aromatic rings. The molecule has 1 aliphatic rings. The maximum Gasteiger partial charge on any atom is 0.0753 e. The van der Waals surface area contributed by atoms with Crippen LogP contribution in [0.25, 0.3) is 0 Å². The topological polar surface area (TPSA) is 25.4 Å². The molecule has 1 aliphatic heterocycles. The van der Waals surface area contributed by atoms with E-state index in [0.29, 0.717) is 6.04 Å². The number of hydrogen-bond donors (Lipinski definition) is 0. The van der Waals surface area contributed by atoms with Crippen LogP contribution in [-0.2, 0) is 4.74 Å². The SMILES string of the molecule is C[C@@H](c1ccccn1)N1CCOC(C)(C)C1. The second-order valence-corrected chi connectivity index (χ2v) is 5.01. The van der Waals surface area contributed by atoms with Gasteiger partial charge in [-0.3, -0.25) is 9.88 Å². The van der Waals surface area contributed by atoms with Crippen molar-refractivity contribution in [2.24, 2.45) is 0 Å². The summed E-state index contributed by atoms with van der Waals surface area (Å²) in [6, 6.07) is 6.46. The van der Waals surface area contributed by atoms with Crippen molar-refractivity contribution in [3.63, 3.8) is 0 Å². The molecule has 1 saturated heterocycles. The van der Waals surface area contributed by atoms with E-state index in [1.165, 1.54) is 0 Å². The van der Waals surface area contributed by atoms with Crippen LogP contribution in [0.2, 0.25) is 0 Å². The molecule has 3 nitrogen and oxygen atoms in total.